The lowest BCUT2D eigenvalue weighted by molar-refractivity contribution is 0.0929. The quantitative estimate of drug-likeness (QED) is 0.570. The van der Waals surface area contributed by atoms with Crippen LogP contribution >= 0.6 is 11.6 Å². The van der Waals surface area contributed by atoms with Gasteiger partial charge in [-0.2, -0.15) is 0 Å². The molecule has 1 atom stereocenters. The van der Waals surface area contributed by atoms with Crippen molar-refractivity contribution < 1.29 is 27.9 Å². The second kappa shape index (κ2) is 8.46. The summed E-state index contributed by atoms with van der Waals surface area (Å²) >= 11 is 6.10. The molecule has 3 aromatic rings. The lowest BCUT2D eigenvalue weighted by Gasteiger charge is -2.35. The van der Waals surface area contributed by atoms with Crippen LogP contribution in [0.3, 0.4) is 0 Å². The number of nitrogens with one attached hydrogen (secondary N) is 1. The van der Waals surface area contributed by atoms with Gasteiger partial charge in [-0.05, 0) is 36.6 Å². The molecule has 11 heteroatoms. The van der Waals surface area contributed by atoms with Gasteiger partial charge in [-0.1, -0.05) is 11.6 Å². The number of fused-ring (bicyclic) bond motifs is 6. The number of anilines is 1. The number of nitrogens with zero attached hydrogens (tertiary/aromatic N) is 2. The van der Waals surface area contributed by atoms with Gasteiger partial charge in [0.1, 0.15) is 23.0 Å². The Kier molecular flexibility index (Phi) is 5.55. The van der Waals surface area contributed by atoms with Gasteiger partial charge in [0.2, 0.25) is 5.43 Å². The number of hydrogen-bond acceptors (Lipinski definition) is 4. The molecule has 2 aliphatic heterocycles. The Morgan fingerprint density at radius 3 is 2.57 bits per heavy atom. The highest BCUT2D eigenvalue weighted by atomic mass is 35.5. The molecule has 0 saturated heterocycles. The number of amides is 2. The largest absolute Gasteiger partial charge is 0.503 e. The summed E-state index contributed by atoms with van der Waals surface area (Å²) in [6.07, 6.45) is 2.26. The minimum absolute atomic E-state index is 0.246. The van der Waals surface area contributed by atoms with Gasteiger partial charge in [0.05, 0.1) is 6.04 Å². The molecular weight excluding hydrogens is 487 g/mol. The zero-order valence-corrected chi connectivity index (χ0v) is 18.7. The average molecular weight is 504 g/mol. The Morgan fingerprint density at radius 2 is 1.86 bits per heavy atom. The van der Waals surface area contributed by atoms with Crippen LogP contribution in [0.5, 0.6) is 5.75 Å². The van der Waals surface area contributed by atoms with Crippen LogP contribution in [0.1, 0.15) is 44.4 Å². The lowest BCUT2D eigenvalue weighted by Crippen LogP contribution is -2.44. The van der Waals surface area contributed by atoms with Gasteiger partial charge < -0.3 is 19.9 Å². The Morgan fingerprint density at radius 1 is 1.14 bits per heavy atom. The van der Waals surface area contributed by atoms with Gasteiger partial charge in [-0.25, -0.2) is 13.2 Å². The Balaban J connectivity index is 1.50. The third-order valence-electron chi connectivity index (χ3n) is 6.30. The number of hydrogen-bond donors (Lipinski definition) is 2. The van der Waals surface area contributed by atoms with Gasteiger partial charge in [-0.15, -0.1) is 0 Å². The standard InChI is InChI=1S/C24H17ClF3N3O4/c25-12-2-4-19-11(5-12)1-3-14-9-31(19)24(35)20-22(33)21(32)16(10-30(14)20)23(34)29-8-15-17(27)6-13(26)7-18(15)28/h2,4-7,10,14,33H,1,3,8-9H2,(H,29,34)/t14-/m1/s1. The second-order valence-corrected chi connectivity index (χ2v) is 8.82. The second-order valence-electron chi connectivity index (χ2n) is 8.39. The minimum atomic E-state index is -1.20. The zero-order chi connectivity index (χ0) is 25.0. The van der Waals surface area contributed by atoms with E-state index in [0.717, 1.165) is 5.56 Å². The van der Waals surface area contributed by atoms with Crippen LogP contribution < -0.4 is 15.6 Å². The van der Waals surface area contributed by atoms with Gasteiger partial charge >= 0.3 is 0 Å². The van der Waals surface area contributed by atoms with Crippen molar-refractivity contribution in [3.63, 3.8) is 0 Å². The highest BCUT2D eigenvalue weighted by Gasteiger charge is 2.38. The molecule has 7 nitrogen and oxygen atoms in total. The van der Waals surface area contributed by atoms with E-state index in [0.29, 0.717) is 35.7 Å². The summed E-state index contributed by atoms with van der Waals surface area (Å²) in [7, 11) is 0. The predicted octanol–water partition coefficient (Wildman–Crippen LogP) is 3.70. The average Bonchev–Trinajstić information content (AvgIpc) is 2.96. The van der Waals surface area contributed by atoms with Crippen LogP contribution in [0.15, 0.2) is 41.3 Å². The number of aryl methyl sites for hydroxylation is 1. The summed E-state index contributed by atoms with van der Waals surface area (Å²) in [5, 5.41) is 13.4. The van der Waals surface area contributed by atoms with Crippen molar-refractivity contribution in [3.05, 3.63) is 91.6 Å². The van der Waals surface area contributed by atoms with E-state index in [1.807, 2.05) is 0 Å². The van der Waals surface area contributed by atoms with E-state index >= 15 is 0 Å². The van der Waals surface area contributed by atoms with Crippen LogP contribution in [0, 0.1) is 17.5 Å². The third-order valence-corrected chi connectivity index (χ3v) is 6.54. The molecule has 2 aromatic carbocycles. The SMILES string of the molecule is O=C(NCc1c(F)cc(F)cc1F)c1cn2c(c(O)c1=O)C(=O)N1C[C@H]2CCc2cc(Cl)ccc21. The van der Waals surface area contributed by atoms with Crippen molar-refractivity contribution in [2.75, 3.05) is 11.4 Å². The van der Waals surface area contributed by atoms with Crippen LogP contribution in [0.4, 0.5) is 18.9 Å². The molecule has 0 fully saturated rings. The molecule has 5 rings (SSSR count). The maximum Gasteiger partial charge on any atom is 0.279 e. The topological polar surface area (TPSA) is 91.6 Å². The van der Waals surface area contributed by atoms with E-state index in [-0.39, 0.29) is 18.3 Å². The number of pyridine rings is 1. The molecule has 2 bridgehead atoms. The molecule has 0 unspecified atom stereocenters. The summed E-state index contributed by atoms with van der Waals surface area (Å²) in [4.78, 5) is 40.3. The fourth-order valence-electron chi connectivity index (χ4n) is 4.57. The van der Waals surface area contributed by atoms with Crippen LogP contribution in [0.25, 0.3) is 0 Å². The number of carbonyl (C=O) groups is 2. The molecule has 0 saturated carbocycles. The normalized spacial score (nSPS) is 16.4. The smallest absolute Gasteiger partial charge is 0.279 e. The van der Waals surface area contributed by atoms with Crippen molar-refractivity contribution in [2.45, 2.75) is 25.4 Å². The Bertz CT molecular complexity index is 1450. The molecule has 2 amide bonds. The molecule has 3 heterocycles. The minimum Gasteiger partial charge on any atom is -0.503 e. The van der Waals surface area contributed by atoms with E-state index in [2.05, 4.69) is 5.32 Å². The lowest BCUT2D eigenvalue weighted by atomic mass is 10.0. The van der Waals surface area contributed by atoms with Crippen LogP contribution in [-0.2, 0) is 13.0 Å². The number of carbonyl (C=O) groups excluding carboxylic acids is 2. The maximum absolute atomic E-state index is 13.9. The molecule has 2 N–H and O–H groups in total. The maximum atomic E-state index is 13.9. The summed E-state index contributed by atoms with van der Waals surface area (Å²) in [6.45, 7) is -0.416. The van der Waals surface area contributed by atoms with Crippen molar-refractivity contribution in [3.8, 4) is 5.75 Å². The molecule has 1 aromatic heterocycles. The van der Waals surface area contributed by atoms with E-state index < -0.39 is 58.1 Å². The van der Waals surface area contributed by atoms with Gasteiger partial charge in [0, 0.05) is 47.7 Å². The Hall–Kier alpha value is -3.79. The number of aromatic nitrogens is 1. The number of benzene rings is 2. The molecule has 0 radical (unpaired) electrons. The molecule has 35 heavy (non-hydrogen) atoms. The monoisotopic (exact) mass is 503 g/mol. The summed E-state index contributed by atoms with van der Waals surface area (Å²) < 4.78 is 42.3. The first-order valence-corrected chi connectivity index (χ1v) is 11.0. The first-order valence-electron chi connectivity index (χ1n) is 10.7. The summed E-state index contributed by atoms with van der Waals surface area (Å²) in [5.41, 5.74) is -0.970. The van der Waals surface area contributed by atoms with Crippen molar-refractivity contribution in [1.29, 1.82) is 0 Å². The van der Waals surface area contributed by atoms with E-state index in [4.69, 9.17) is 11.6 Å². The molecule has 2 aliphatic rings. The van der Waals surface area contributed by atoms with E-state index in [9.17, 15) is 32.7 Å². The van der Waals surface area contributed by atoms with Crippen molar-refractivity contribution >= 4 is 29.1 Å². The highest BCUT2D eigenvalue weighted by molar-refractivity contribution is 6.30. The van der Waals surface area contributed by atoms with Crippen LogP contribution in [-0.4, -0.2) is 28.0 Å². The van der Waals surface area contributed by atoms with E-state index in [1.165, 1.54) is 15.7 Å². The van der Waals surface area contributed by atoms with Crippen molar-refractivity contribution in [1.82, 2.24) is 9.88 Å². The summed E-state index contributed by atoms with van der Waals surface area (Å²) in [5.74, 6) is -6.02. The zero-order valence-electron chi connectivity index (χ0n) is 17.9. The number of rotatable bonds is 3. The van der Waals surface area contributed by atoms with Gasteiger partial charge in [-0.3, -0.25) is 14.4 Å². The highest BCUT2D eigenvalue weighted by Crippen LogP contribution is 2.38. The molecule has 0 aliphatic carbocycles. The van der Waals surface area contributed by atoms with Gasteiger partial charge in [0.15, 0.2) is 11.4 Å². The first kappa shape index (κ1) is 23.0. The number of halogens is 4. The van der Waals surface area contributed by atoms with E-state index in [1.54, 1.807) is 18.2 Å². The van der Waals surface area contributed by atoms with Gasteiger partial charge in [0.25, 0.3) is 11.8 Å². The Labute approximate surface area is 201 Å². The fourth-order valence-corrected chi connectivity index (χ4v) is 4.77. The molecule has 180 valence electrons. The third kappa shape index (κ3) is 3.83. The molecule has 0 spiro atoms. The number of aromatic hydroxyl groups is 1. The predicted molar refractivity (Wildman–Crippen MR) is 120 cm³/mol. The summed E-state index contributed by atoms with van der Waals surface area (Å²) in [6, 6.07) is 5.69. The van der Waals surface area contributed by atoms with Crippen molar-refractivity contribution in [2.24, 2.45) is 0 Å². The first-order chi connectivity index (χ1) is 16.7. The fraction of sp³-hybridized carbons (Fsp3) is 0.208. The van der Waals surface area contributed by atoms with Crippen LogP contribution in [0.2, 0.25) is 5.02 Å². The molecular formula is C24H17ClF3N3O4.